The minimum Gasteiger partial charge on any atom is -0.322 e. The van der Waals surface area contributed by atoms with Crippen molar-refractivity contribution in [3.8, 4) is 0 Å². The van der Waals surface area contributed by atoms with E-state index in [-0.39, 0.29) is 16.5 Å². The van der Waals surface area contributed by atoms with Crippen LogP contribution in [0, 0.1) is 12.7 Å². The SMILES string of the molecule is Cc1ccccc1NC(=O)c1ccc(F)cc1Cl. The fourth-order valence-corrected chi connectivity index (χ4v) is 1.83. The number of aryl methyl sites for hydroxylation is 1. The van der Waals surface area contributed by atoms with Gasteiger partial charge in [0.2, 0.25) is 0 Å². The highest BCUT2D eigenvalue weighted by Gasteiger charge is 2.11. The molecule has 92 valence electrons. The lowest BCUT2D eigenvalue weighted by Crippen LogP contribution is -2.13. The Balaban J connectivity index is 2.25. The second kappa shape index (κ2) is 5.19. The molecule has 0 fully saturated rings. The minimum atomic E-state index is -0.465. The van der Waals surface area contributed by atoms with Gasteiger partial charge in [-0.1, -0.05) is 29.8 Å². The molecule has 0 saturated heterocycles. The normalized spacial score (nSPS) is 10.2. The van der Waals surface area contributed by atoms with Crippen molar-refractivity contribution in [1.29, 1.82) is 0 Å². The number of halogens is 2. The average Bonchev–Trinajstić information content (AvgIpc) is 2.32. The van der Waals surface area contributed by atoms with Gasteiger partial charge in [0.05, 0.1) is 10.6 Å². The van der Waals surface area contributed by atoms with Gasteiger partial charge in [0, 0.05) is 5.69 Å². The van der Waals surface area contributed by atoms with E-state index in [1.54, 1.807) is 6.07 Å². The molecule has 0 aromatic heterocycles. The van der Waals surface area contributed by atoms with Crippen molar-refractivity contribution in [2.24, 2.45) is 0 Å². The largest absolute Gasteiger partial charge is 0.322 e. The van der Waals surface area contributed by atoms with Crippen LogP contribution in [0.1, 0.15) is 15.9 Å². The number of hydrogen-bond donors (Lipinski definition) is 1. The van der Waals surface area contributed by atoms with Crippen LogP contribution in [0.5, 0.6) is 0 Å². The van der Waals surface area contributed by atoms with E-state index in [9.17, 15) is 9.18 Å². The van der Waals surface area contributed by atoms with Gasteiger partial charge in [0.25, 0.3) is 5.91 Å². The van der Waals surface area contributed by atoms with Crippen LogP contribution < -0.4 is 5.32 Å². The van der Waals surface area contributed by atoms with Gasteiger partial charge in [0.15, 0.2) is 0 Å². The van der Waals surface area contributed by atoms with Crippen LogP contribution in [0.3, 0.4) is 0 Å². The summed E-state index contributed by atoms with van der Waals surface area (Å²) in [6.07, 6.45) is 0. The summed E-state index contributed by atoms with van der Waals surface area (Å²) in [5.41, 5.74) is 1.91. The minimum absolute atomic E-state index is 0.0982. The number of amides is 1. The zero-order valence-electron chi connectivity index (χ0n) is 9.71. The molecule has 2 aromatic rings. The maximum atomic E-state index is 12.9. The molecule has 0 atom stereocenters. The fourth-order valence-electron chi connectivity index (χ4n) is 1.58. The van der Waals surface area contributed by atoms with Gasteiger partial charge in [-0.2, -0.15) is 0 Å². The Hall–Kier alpha value is -1.87. The summed E-state index contributed by atoms with van der Waals surface area (Å²) in [5.74, 6) is -0.818. The molecule has 2 rings (SSSR count). The summed E-state index contributed by atoms with van der Waals surface area (Å²) in [7, 11) is 0. The van der Waals surface area contributed by atoms with Crippen LogP contribution in [0.2, 0.25) is 5.02 Å². The van der Waals surface area contributed by atoms with Crippen LogP contribution >= 0.6 is 11.6 Å². The van der Waals surface area contributed by atoms with Crippen LogP contribution in [0.15, 0.2) is 42.5 Å². The number of benzene rings is 2. The molecule has 2 aromatic carbocycles. The molecule has 0 aliphatic heterocycles. The van der Waals surface area contributed by atoms with Crippen molar-refractivity contribution in [3.05, 3.63) is 64.4 Å². The Labute approximate surface area is 109 Å². The third-order valence-corrected chi connectivity index (χ3v) is 2.88. The van der Waals surface area contributed by atoms with E-state index in [0.717, 1.165) is 11.6 Å². The van der Waals surface area contributed by atoms with E-state index in [1.807, 2.05) is 25.1 Å². The molecular weight excluding hydrogens is 253 g/mol. The predicted octanol–water partition coefficient (Wildman–Crippen LogP) is 4.04. The third kappa shape index (κ3) is 2.68. The first-order valence-corrected chi connectivity index (χ1v) is 5.78. The first-order chi connectivity index (χ1) is 8.58. The Bertz CT molecular complexity index is 598. The van der Waals surface area contributed by atoms with Crippen molar-refractivity contribution in [1.82, 2.24) is 0 Å². The first kappa shape index (κ1) is 12.6. The highest BCUT2D eigenvalue weighted by Crippen LogP contribution is 2.20. The number of anilines is 1. The molecule has 1 amide bonds. The van der Waals surface area contributed by atoms with E-state index in [2.05, 4.69) is 5.32 Å². The van der Waals surface area contributed by atoms with Crippen LogP contribution in [0.4, 0.5) is 10.1 Å². The Morgan fingerprint density at radius 3 is 2.61 bits per heavy atom. The Kier molecular flexibility index (Phi) is 3.63. The maximum Gasteiger partial charge on any atom is 0.257 e. The molecule has 0 radical (unpaired) electrons. The van der Waals surface area contributed by atoms with Gasteiger partial charge >= 0.3 is 0 Å². The highest BCUT2D eigenvalue weighted by molar-refractivity contribution is 6.34. The number of carbonyl (C=O) groups is 1. The molecule has 0 saturated carbocycles. The van der Waals surface area contributed by atoms with E-state index in [1.165, 1.54) is 12.1 Å². The summed E-state index contributed by atoms with van der Waals surface area (Å²) < 4.78 is 12.9. The van der Waals surface area contributed by atoms with Gasteiger partial charge < -0.3 is 5.32 Å². The molecule has 0 unspecified atom stereocenters. The lowest BCUT2D eigenvalue weighted by atomic mass is 10.1. The second-order valence-corrected chi connectivity index (χ2v) is 4.30. The van der Waals surface area contributed by atoms with Crippen LogP contribution in [0.25, 0.3) is 0 Å². The maximum absolute atomic E-state index is 12.9. The van der Waals surface area contributed by atoms with Gasteiger partial charge in [-0.3, -0.25) is 4.79 Å². The zero-order valence-corrected chi connectivity index (χ0v) is 10.5. The van der Waals surface area contributed by atoms with Crippen molar-refractivity contribution >= 4 is 23.2 Å². The number of para-hydroxylation sites is 1. The third-order valence-electron chi connectivity index (χ3n) is 2.57. The van der Waals surface area contributed by atoms with Crippen molar-refractivity contribution < 1.29 is 9.18 Å². The lowest BCUT2D eigenvalue weighted by Gasteiger charge is -2.09. The standard InChI is InChI=1S/C14H11ClFNO/c1-9-4-2-3-5-13(9)17-14(18)11-7-6-10(16)8-12(11)15/h2-8H,1H3,(H,17,18). The first-order valence-electron chi connectivity index (χ1n) is 5.40. The molecule has 2 nitrogen and oxygen atoms in total. The molecule has 4 heteroatoms. The highest BCUT2D eigenvalue weighted by atomic mass is 35.5. The molecule has 0 aliphatic carbocycles. The topological polar surface area (TPSA) is 29.1 Å². The smallest absolute Gasteiger partial charge is 0.257 e. The molecule has 0 spiro atoms. The van der Waals surface area contributed by atoms with Gasteiger partial charge in [-0.25, -0.2) is 4.39 Å². The molecule has 1 N–H and O–H groups in total. The molecule has 18 heavy (non-hydrogen) atoms. The zero-order chi connectivity index (χ0) is 13.1. The summed E-state index contributed by atoms with van der Waals surface area (Å²) in [6.45, 7) is 1.89. The van der Waals surface area contributed by atoms with Crippen molar-refractivity contribution in [3.63, 3.8) is 0 Å². The number of rotatable bonds is 2. The van der Waals surface area contributed by atoms with Crippen LogP contribution in [-0.2, 0) is 0 Å². The lowest BCUT2D eigenvalue weighted by molar-refractivity contribution is 0.102. The van der Waals surface area contributed by atoms with Gasteiger partial charge in [-0.05, 0) is 36.8 Å². The second-order valence-electron chi connectivity index (χ2n) is 3.89. The van der Waals surface area contributed by atoms with E-state index in [4.69, 9.17) is 11.6 Å². The summed E-state index contributed by atoms with van der Waals surface area (Å²) in [4.78, 5) is 12.0. The van der Waals surface area contributed by atoms with Gasteiger partial charge in [0.1, 0.15) is 5.82 Å². The molecule has 0 bridgehead atoms. The van der Waals surface area contributed by atoms with Crippen molar-refractivity contribution in [2.45, 2.75) is 6.92 Å². The molecule has 0 heterocycles. The Morgan fingerprint density at radius 2 is 1.94 bits per heavy atom. The summed E-state index contributed by atoms with van der Waals surface area (Å²) in [5, 5.41) is 2.84. The summed E-state index contributed by atoms with van der Waals surface area (Å²) in [6, 6.07) is 11.1. The monoisotopic (exact) mass is 263 g/mol. The Morgan fingerprint density at radius 1 is 1.22 bits per heavy atom. The number of nitrogens with one attached hydrogen (secondary N) is 1. The number of hydrogen-bond acceptors (Lipinski definition) is 1. The molecule has 0 aliphatic rings. The van der Waals surface area contributed by atoms with Crippen molar-refractivity contribution in [2.75, 3.05) is 5.32 Å². The fraction of sp³-hybridized carbons (Fsp3) is 0.0714. The average molecular weight is 264 g/mol. The van der Waals surface area contributed by atoms with E-state index in [0.29, 0.717) is 5.69 Å². The number of carbonyl (C=O) groups excluding carboxylic acids is 1. The quantitative estimate of drug-likeness (QED) is 0.870. The van der Waals surface area contributed by atoms with E-state index >= 15 is 0 Å². The van der Waals surface area contributed by atoms with Gasteiger partial charge in [-0.15, -0.1) is 0 Å². The molecular formula is C14H11ClFNO. The predicted molar refractivity (Wildman–Crippen MR) is 70.5 cm³/mol. The van der Waals surface area contributed by atoms with Crippen LogP contribution in [-0.4, -0.2) is 5.91 Å². The van der Waals surface area contributed by atoms with E-state index < -0.39 is 5.82 Å². The summed E-state index contributed by atoms with van der Waals surface area (Å²) >= 11 is 5.83.